The van der Waals surface area contributed by atoms with Crippen molar-refractivity contribution in [3.63, 3.8) is 0 Å². The lowest BCUT2D eigenvalue weighted by atomic mass is 9.85. The average molecular weight is 638 g/mol. The van der Waals surface area contributed by atoms with Crippen LogP contribution in [0.2, 0.25) is 0 Å². The van der Waals surface area contributed by atoms with Crippen molar-refractivity contribution < 1.29 is 0 Å². The van der Waals surface area contributed by atoms with E-state index in [9.17, 15) is 0 Å². The third-order valence-corrected chi connectivity index (χ3v) is 10.7. The molecule has 2 aliphatic rings. The molecule has 2 aromatic heterocycles. The second kappa shape index (κ2) is 10.5. The number of para-hydroxylation sites is 3. The van der Waals surface area contributed by atoms with E-state index in [4.69, 9.17) is 0 Å². The van der Waals surface area contributed by atoms with Crippen LogP contribution < -0.4 is 4.90 Å². The third-order valence-electron chi connectivity index (χ3n) is 10.7. The fraction of sp³-hybridized carbons (Fsp3) is 0.0213. The summed E-state index contributed by atoms with van der Waals surface area (Å²) in [6.45, 7) is 0. The van der Waals surface area contributed by atoms with Crippen molar-refractivity contribution in [1.29, 1.82) is 0 Å². The topological polar surface area (TPSA) is 13.1 Å². The highest BCUT2D eigenvalue weighted by molar-refractivity contribution is 6.12. The summed E-state index contributed by atoms with van der Waals surface area (Å²) in [5.41, 5.74) is 14.7. The first kappa shape index (κ1) is 27.4. The van der Waals surface area contributed by atoms with Crippen LogP contribution in [0.25, 0.3) is 77.2 Å². The zero-order valence-electron chi connectivity index (χ0n) is 27.2. The molecule has 9 aromatic rings. The van der Waals surface area contributed by atoms with Gasteiger partial charge < -0.3 is 14.0 Å². The number of nitrogens with zero attached hydrogens (tertiary/aromatic N) is 3. The van der Waals surface area contributed by atoms with Gasteiger partial charge >= 0.3 is 0 Å². The van der Waals surface area contributed by atoms with Gasteiger partial charge in [0.2, 0.25) is 0 Å². The molecule has 0 spiro atoms. The van der Waals surface area contributed by atoms with Crippen LogP contribution in [0.3, 0.4) is 0 Å². The molecule has 3 nitrogen and oxygen atoms in total. The molecule has 7 aromatic carbocycles. The summed E-state index contributed by atoms with van der Waals surface area (Å²) < 4.78 is 4.85. The summed E-state index contributed by atoms with van der Waals surface area (Å²) in [5.74, 6) is 0. The van der Waals surface area contributed by atoms with Crippen LogP contribution in [-0.4, -0.2) is 9.13 Å². The molecule has 4 heterocycles. The van der Waals surface area contributed by atoms with Gasteiger partial charge in [0.05, 0.1) is 33.8 Å². The summed E-state index contributed by atoms with van der Waals surface area (Å²) >= 11 is 0. The minimum atomic E-state index is 0.0884. The molecule has 0 fully saturated rings. The first-order chi connectivity index (χ1) is 24.8. The largest absolute Gasteiger partial charge is 0.336 e. The lowest BCUT2D eigenvalue weighted by Gasteiger charge is -2.36. The van der Waals surface area contributed by atoms with E-state index < -0.39 is 0 Å². The molecule has 0 saturated carbocycles. The molecule has 0 amide bonds. The zero-order valence-corrected chi connectivity index (χ0v) is 27.2. The molecule has 234 valence electrons. The van der Waals surface area contributed by atoms with Crippen molar-refractivity contribution in [2.24, 2.45) is 0 Å². The van der Waals surface area contributed by atoms with Gasteiger partial charge in [-0.25, -0.2) is 0 Å². The van der Waals surface area contributed by atoms with Crippen molar-refractivity contribution in [3.05, 3.63) is 188 Å². The summed E-state index contributed by atoms with van der Waals surface area (Å²) in [4.78, 5) is 2.45. The molecule has 2 aliphatic heterocycles. The number of rotatable bonds is 2. The maximum absolute atomic E-state index is 2.45. The Labute approximate surface area is 289 Å². The Morgan fingerprint density at radius 1 is 0.380 bits per heavy atom. The summed E-state index contributed by atoms with van der Waals surface area (Å²) in [6.07, 6.45) is 8.89. The molecule has 3 heteroatoms. The zero-order chi connectivity index (χ0) is 32.8. The van der Waals surface area contributed by atoms with Crippen LogP contribution in [0.4, 0.5) is 5.69 Å². The molecular formula is C47H31N3. The summed E-state index contributed by atoms with van der Waals surface area (Å²) in [6, 6.07) is 58.1. The van der Waals surface area contributed by atoms with Gasteiger partial charge in [0.25, 0.3) is 0 Å². The van der Waals surface area contributed by atoms with E-state index in [-0.39, 0.29) is 6.04 Å². The predicted octanol–water partition coefficient (Wildman–Crippen LogP) is 12.2. The van der Waals surface area contributed by atoms with Gasteiger partial charge in [0, 0.05) is 44.7 Å². The maximum atomic E-state index is 2.45. The first-order valence-corrected chi connectivity index (χ1v) is 17.3. The number of hydrogen-bond donors (Lipinski definition) is 0. The average Bonchev–Trinajstić information content (AvgIpc) is 3.70. The summed E-state index contributed by atoms with van der Waals surface area (Å²) in [7, 11) is 0. The van der Waals surface area contributed by atoms with E-state index in [1.807, 2.05) is 0 Å². The molecule has 1 atom stereocenters. The van der Waals surface area contributed by atoms with Gasteiger partial charge in [0.1, 0.15) is 0 Å². The molecular weight excluding hydrogens is 607 g/mol. The van der Waals surface area contributed by atoms with Gasteiger partial charge in [0.15, 0.2) is 0 Å². The van der Waals surface area contributed by atoms with Crippen LogP contribution in [0, 0.1) is 0 Å². The number of aromatic nitrogens is 2. The monoisotopic (exact) mass is 637 g/mol. The molecule has 0 saturated heterocycles. The van der Waals surface area contributed by atoms with E-state index in [0.29, 0.717) is 0 Å². The minimum Gasteiger partial charge on any atom is -0.336 e. The smallest absolute Gasteiger partial charge is 0.0779 e. The van der Waals surface area contributed by atoms with Crippen molar-refractivity contribution >= 4 is 49.3 Å². The van der Waals surface area contributed by atoms with Crippen LogP contribution in [0.1, 0.15) is 11.6 Å². The predicted molar refractivity (Wildman–Crippen MR) is 209 cm³/mol. The highest BCUT2D eigenvalue weighted by Gasteiger charge is 2.28. The van der Waals surface area contributed by atoms with E-state index in [1.165, 1.54) is 82.8 Å². The SMILES string of the molecule is C1=CC2c3ccccc3-c3ccccc3-c3ccc(-n4c5ccccc5c5cc(-n6c7ccccc7c7ccccc76)ccc54)cc3N2C=C1. The van der Waals surface area contributed by atoms with Gasteiger partial charge in [-0.3, -0.25) is 0 Å². The lowest BCUT2D eigenvalue weighted by Crippen LogP contribution is -2.25. The molecule has 0 bridgehead atoms. The Kier molecular flexibility index (Phi) is 5.73. The van der Waals surface area contributed by atoms with Crippen LogP contribution in [-0.2, 0) is 0 Å². The van der Waals surface area contributed by atoms with Gasteiger partial charge in [-0.2, -0.15) is 0 Å². The van der Waals surface area contributed by atoms with E-state index in [0.717, 1.165) is 5.69 Å². The van der Waals surface area contributed by atoms with Gasteiger partial charge in [-0.1, -0.05) is 121 Å². The van der Waals surface area contributed by atoms with Crippen molar-refractivity contribution in [2.75, 3.05) is 4.90 Å². The molecule has 0 aliphatic carbocycles. The Bertz CT molecular complexity index is 2840. The van der Waals surface area contributed by atoms with Crippen LogP contribution in [0.5, 0.6) is 0 Å². The highest BCUT2D eigenvalue weighted by atomic mass is 15.2. The second-order valence-electron chi connectivity index (χ2n) is 13.3. The second-order valence-corrected chi connectivity index (χ2v) is 13.3. The maximum Gasteiger partial charge on any atom is 0.0779 e. The normalized spacial score (nSPS) is 14.8. The summed E-state index contributed by atoms with van der Waals surface area (Å²) in [5, 5.41) is 5.03. The Morgan fingerprint density at radius 2 is 0.900 bits per heavy atom. The minimum absolute atomic E-state index is 0.0884. The molecule has 0 N–H and O–H groups in total. The van der Waals surface area contributed by atoms with E-state index >= 15 is 0 Å². The van der Waals surface area contributed by atoms with Crippen molar-refractivity contribution in [3.8, 4) is 33.6 Å². The molecule has 50 heavy (non-hydrogen) atoms. The fourth-order valence-electron chi connectivity index (χ4n) is 8.61. The Hall–Kier alpha value is -6.58. The number of hydrogen-bond acceptors (Lipinski definition) is 1. The van der Waals surface area contributed by atoms with Gasteiger partial charge in [-0.05, 0) is 76.9 Å². The number of fused-ring (bicyclic) bond motifs is 14. The Balaban J connectivity index is 1.16. The Morgan fingerprint density at radius 3 is 1.60 bits per heavy atom. The number of benzene rings is 7. The molecule has 0 radical (unpaired) electrons. The van der Waals surface area contributed by atoms with Crippen molar-refractivity contribution in [2.45, 2.75) is 6.04 Å². The number of allylic oxidation sites excluding steroid dienone is 2. The molecule has 1 unspecified atom stereocenters. The van der Waals surface area contributed by atoms with Crippen LogP contribution in [0.15, 0.2) is 182 Å². The highest BCUT2D eigenvalue weighted by Crippen LogP contribution is 2.48. The number of anilines is 1. The van der Waals surface area contributed by atoms with Gasteiger partial charge in [-0.15, -0.1) is 0 Å². The van der Waals surface area contributed by atoms with E-state index in [2.05, 4.69) is 196 Å². The lowest BCUT2D eigenvalue weighted by molar-refractivity contribution is 0.835. The third kappa shape index (κ3) is 3.80. The van der Waals surface area contributed by atoms with E-state index in [1.54, 1.807) is 0 Å². The van der Waals surface area contributed by atoms with Crippen molar-refractivity contribution in [1.82, 2.24) is 9.13 Å². The fourth-order valence-corrected chi connectivity index (χ4v) is 8.61. The standard InChI is InChI=1S/C47H31N3/c1-2-15-35-33(13-1)34-14-3-4-16-36(34)42-20-11-12-28-48(42)47-30-32(24-26-40(35)47)50-45-23-10-7-19-39(45)41-29-31(25-27-46(41)50)49-43-21-8-5-17-37(43)38-18-6-9-22-44(38)49/h1-30,42H. The first-order valence-electron chi connectivity index (χ1n) is 17.3. The molecule has 11 rings (SSSR count). The van der Waals surface area contributed by atoms with Crippen LogP contribution >= 0.6 is 0 Å². The quantitative estimate of drug-likeness (QED) is 0.184.